The zero-order chi connectivity index (χ0) is 11.4. The Morgan fingerprint density at radius 1 is 1.31 bits per heavy atom. The molecular weight excluding hydrogens is 192 g/mol. The molecule has 0 aliphatic heterocycles. The molecule has 1 atom stereocenters. The van der Waals surface area contributed by atoms with Gasteiger partial charge in [0.1, 0.15) is 0 Å². The van der Waals surface area contributed by atoms with Crippen molar-refractivity contribution in [1.82, 2.24) is 0 Å². The van der Waals surface area contributed by atoms with Crippen LogP contribution in [-0.4, -0.2) is 0 Å². The lowest BCUT2D eigenvalue weighted by atomic mass is 9.93. The Labute approximate surface area is 98.0 Å². The van der Waals surface area contributed by atoms with Crippen LogP contribution >= 0.6 is 0 Å². The number of rotatable bonds is 3. The van der Waals surface area contributed by atoms with E-state index in [1.54, 1.807) is 0 Å². The fourth-order valence-electron chi connectivity index (χ4n) is 1.93. The molecule has 1 aromatic carbocycles. The highest BCUT2D eigenvalue weighted by Gasteiger charge is 2.05. The Morgan fingerprint density at radius 2 is 2.06 bits per heavy atom. The number of hydrogen-bond acceptors (Lipinski definition) is 0. The van der Waals surface area contributed by atoms with E-state index < -0.39 is 0 Å². The van der Waals surface area contributed by atoms with Gasteiger partial charge in [-0.25, -0.2) is 0 Å². The minimum Gasteiger partial charge on any atom is -0.0949 e. The lowest BCUT2D eigenvalue weighted by Crippen LogP contribution is -1.95. The number of benzene rings is 1. The van der Waals surface area contributed by atoms with Crippen molar-refractivity contribution in [2.75, 3.05) is 0 Å². The molecule has 1 aliphatic rings. The lowest BCUT2D eigenvalue weighted by Gasteiger charge is -2.13. The number of hydrogen-bond donors (Lipinski definition) is 0. The van der Waals surface area contributed by atoms with Crippen molar-refractivity contribution in [3.8, 4) is 0 Å². The Kier molecular flexibility index (Phi) is 3.40. The van der Waals surface area contributed by atoms with Gasteiger partial charge in [0.15, 0.2) is 0 Å². The first-order valence-electron chi connectivity index (χ1n) is 5.86. The van der Waals surface area contributed by atoms with E-state index in [-0.39, 0.29) is 0 Å². The van der Waals surface area contributed by atoms with Crippen molar-refractivity contribution in [3.05, 3.63) is 66.3 Å². The molecule has 0 bridgehead atoms. The second kappa shape index (κ2) is 4.98. The molecule has 2 rings (SSSR count). The van der Waals surface area contributed by atoms with Gasteiger partial charge >= 0.3 is 0 Å². The van der Waals surface area contributed by atoms with Crippen LogP contribution in [0.3, 0.4) is 0 Å². The van der Waals surface area contributed by atoms with Crippen molar-refractivity contribution in [1.29, 1.82) is 0 Å². The van der Waals surface area contributed by atoms with E-state index in [2.05, 4.69) is 56.0 Å². The van der Waals surface area contributed by atoms with Crippen molar-refractivity contribution < 1.29 is 0 Å². The van der Waals surface area contributed by atoms with E-state index in [4.69, 9.17) is 0 Å². The third-order valence-corrected chi connectivity index (χ3v) is 2.99. The summed E-state index contributed by atoms with van der Waals surface area (Å²) in [6, 6.07) is 10.4. The third kappa shape index (κ3) is 2.73. The van der Waals surface area contributed by atoms with Gasteiger partial charge < -0.3 is 0 Å². The van der Waals surface area contributed by atoms with Crippen LogP contribution in [0.5, 0.6) is 0 Å². The molecule has 0 amide bonds. The largest absolute Gasteiger partial charge is 0.0949 e. The van der Waals surface area contributed by atoms with Crippen LogP contribution in [0.1, 0.15) is 25.3 Å². The first-order valence-corrected chi connectivity index (χ1v) is 5.86. The van der Waals surface area contributed by atoms with E-state index in [9.17, 15) is 0 Å². The summed E-state index contributed by atoms with van der Waals surface area (Å²) in [5.41, 5.74) is 3.84. The summed E-state index contributed by atoms with van der Waals surface area (Å²) >= 11 is 0. The minimum absolute atomic E-state index is 0.689. The molecule has 0 saturated heterocycles. The second-order valence-corrected chi connectivity index (χ2v) is 4.50. The zero-order valence-electron chi connectivity index (χ0n) is 9.82. The molecule has 82 valence electrons. The molecule has 0 spiro atoms. The summed E-state index contributed by atoms with van der Waals surface area (Å²) in [4.78, 5) is 0. The maximum absolute atomic E-state index is 4.16. The summed E-state index contributed by atoms with van der Waals surface area (Å²) in [7, 11) is 0. The highest BCUT2D eigenvalue weighted by Crippen LogP contribution is 2.25. The first-order chi connectivity index (χ1) is 7.75. The van der Waals surface area contributed by atoms with Crippen LogP contribution in [0, 0.1) is 5.92 Å². The Balaban J connectivity index is 2.02. The molecule has 0 heterocycles. The smallest absolute Gasteiger partial charge is 0.00290 e. The monoisotopic (exact) mass is 210 g/mol. The van der Waals surface area contributed by atoms with Gasteiger partial charge in [0.2, 0.25) is 0 Å². The minimum atomic E-state index is 0.689. The molecule has 0 N–H and O–H groups in total. The highest BCUT2D eigenvalue weighted by molar-refractivity contribution is 5.66. The van der Waals surface area contributed by atoms with E-state index in [0.29, 0.717) is 5.92 Å². The van der Waals surface area contributed by atoms with Crippen molar-refractivity contribution in [2.45, 2.75) is 19.8 Å². The predicted octanol–water partition coefficient (Wildman–Crippen LogP) is 4.61. The van der Waals surface area contributed by atoms with Crippen LogP contribution in [0.15, 0.2) is 60.7 Å². The number of allylic oxidation sites excluding steroid dienone is 5. The molecule has 16 heavy (non-hydrogen) atoms. The second-order valence-electron chi connectivity index (χ2n) is 4.50. The maximum atomic E-state index is 4.16. The fourth-order valence-corrected chi connectivity index (χ4v) is 1.93. The van der Waals surface area contributed by atoms with Gasteiger partial charge in [-0.3, -0.25) is 0 Å². The zero-order valence-corrected chi connectivity index (χ0v) is 9.82. The first kappa shape index (κ1) is 10.9. The molecule has 1 aliphatic carbocycles. The van der Waals surface area contributed by atoms with Crippen molar-refractivity contribution in [2.24, 2.45) is 5.92 Å². The van der Waals surface area contributed by atoms with Gasteiger partial charge in [-0.05, 0) is 35.5 Å². The molecule has 0 aromatic heterocycles. The average molecular weight is 210 g/mol. The molecular formula is C16H18. The molecule has 0 nitrogen and oxygen atoms in total. The maximum Gasteiger partial charge on any atom is -0.00290 e. The summed E-state index contributed by atoms with van der Waals surface area (Å²) in [5.74, 6) is 0.689. The third-order valence-electron chi connectivity index (χ3n) is 2.99. The fraction of sp³-hybridized carbons (Fsp3) is 0.250. The van der Waals surface area contributed by atoms with E-state index in [0.717, 1.165) is 12.8 Å². The molecule has 1 unspecified atom stereocenters. The molecule has 0 heteroatoms. The van der Waals surface area contributed by atoms with Crippen LogP contribution in [-0.2, 0) is 0 Å². The van der Waals surface area contributed by atoms with E-state index >= 15 is 0 Å². The van der Waals surface area contributed by atoms with Gasteiger partial charge in [-0.2, -0.15) is 0 Å². The van der Waals surface area contributed by atoms with Crippen LogP contribution < -0.4 is 0 Å². The van der Waals surface area contributed by atoms with Gasteiger partial charge in [-0.1, -0.05) is 62.1 Å². The summed E-state index contributed by atoms with van der Waals surface area (Å²) in [6.45, 7) is 6.41. The van der Waals surface area contributed by atoms with E-state index in [1.807, 2.05) is 6.07 Å². The van der Waals surface area contributed by atoms with Gasteiger partial charge in [0.05, 0.1) is 0 Å². The highest BCUT2D eigenvalue weighted by atomic mass is 14.1. The quantitative estimate of drug-likeness (QED) is 0.683. The van der Waals surface area contributed by atoms with Crippen LogP contribution in [0.4, 0.5) is 0 Å². The van der Waals surface area contributed by atoms with Crippen molar-refractivity contribution >= 4 is 5.57 Å². The Hall–Kier alpha value is -1.56. The standard InChI is InChI=1S/C16H18/c1-13-8-10-15(11-9-13)12-14(2)16-6-4-3-5-7-16/h3-8,10-11,13H,2,9,12H2,1H3. The van der Waals surface area contributed by atoms with Crippen LogP contribution in [0.25, 0.3) is 5.57 Å². The molecule has 0 fully saturated rings. The Bertz CT molecular complexity index is 421. The SMILES string of the molecule is C=C(CC1=CCC(C)C=C1)c1ccccc1. The van der Waals surface area contributed by atoms with Crippen molar-refractivity contribution in [3.63, 3.8) is 0 Å². The predicted molar refractivity (Wildman–Crippen MR) is 71.1 cm³/mol. The topological polar surface area (TPSA) is 0 Å². The van der Waals surface area contributed by atoms with Gasteiger partial charge in [-0.15, -0.1) is 0 Å². The Morgan fingerprint density at radius 3 is 2.69 bits per heavy atom. The normalized spacial score (nSPS) is 19.3. The van der Waals surface area contributed by atoms with Gasteiger partial charge in [0.25, 0.3) is 0 Å². The molecule has 1 aromatic rings. The lowest BCUT2D eigenvalue weighted by molar-refractivity contribution is 0.729. The van der Waals surface area contributed by atoms with Gasteiger partial charge in [0, 0.05) is 0 Å². The summed E-state index contributed by atoms with van der Waals surface area (Å²) in [6.07, 6.45) is 8.98. The molecule has 0 saturated carbocycles. The summed E-state index contributed by atoms with van der Waals surface area (Å²) < 4.78 is 0. The van der Waals surface area contributed by atoms with Crippen LogP contribution in [0.2, 0.25) is 0 Å². The average Bonchev–Trinajstić information content (AvgIpc) is 2.33. The molecule has 0 radical (unpaired) electrons. The summed E-state index contributed by atoms with van der Waals surface area (Å²) in [5, 5.41) is 0. The van der Waals surface area contributed by atoms with E-state index in [1.165, 1.54) is 16.7 Å².